The summed E-state index contributed by atoms with van der Waals surface area (Å²) >= 11 is 0. The first kappa shape index (κ1) is 11.4. The number of ether oxygens (including phenoxy) is 1. The Kier molecular flexibility index (Phi) is 3.81. The average molecular weight is 220 g/mol. The molecule has 1 fully saturated rings. The van der Waals surface area contributed by atoms with E-state index in [4.69, 9.17) is 4.74 Å². The van der Waals surface area contributed by atoms with Gasteiger partial charge in [0.25, 0.3) is 0 Å². The summed E-state index contributed by atoms with van der Waals surface area (Å²) in [5.74, 6) is 1.02. The second-order valence-corrected chi connectivity index (χ2v) is 4.96. The predicted octanol–water partition coefficient (Wildman–Crippen LogP) is 3.27. The van der Waals surface area contributed by atoms with E-state index < -0.39 is 0 Å². The van der Waals surface area contributed by atoms with E-state index in [1.54, 1.807) is 0 Å². The molecule has 1 aromatic heterocycles. The van der Waals surface area contributed by atoms with Crippen LogP contribution in [0.15, 0.2) is 24.5 Å². The van der Waals surface area contributed by atoms with E-state index in [2.05, 4.69) is 42.9 Å². The predicted molar refractivity (Wildman–Crippen MR) is 64.5 cm³/mol. The molecule has 0 bridgehead atoms. The van der Waals surface area contributed by atoms with E-state index in [0.29, 0.717) is 12.1 Å². The van der Waals surface area contributed by atoms with Crippen LogP contribution in [0.2, 0.25) is 0 Å². The molecule has 16 heavy (non-hydrogen) atoms. The molecule has 2 rings (SSSR count). The van der Waals surface area contributed by atoms with Gasteiger partial charge in [-0.25, -0.2) is 0 Å². The fourth-order valence-electron chi connectivity index (χ4n) is 2.24. The number of rotatable bonds is 3. The van der Waals surface area contributed by atoms with Crippen molar-refractivity contribution >= 4 is 0 Å². The van der Waals surface area contributed by atoms with Gasteiger partial charge in [0.15, 0.2) is 18.0 Å². The van der Waals surface area contributed by atoms with Gasteiger partial charge in [0, 0.05) is 6.07 Å². The summed E-state index contributed by atoms with van der Waals surface area (Å²) in [5.41, 5.74) is 0. The normalized spacial score (nSPS) is 17.7. The minimum atomic E-state index is 0.441. The van der Waals surface area contributed by atoms with Gasteiger partial charge in [-0.2, -0.15) is 4.57 Å². The number of aromatic nitrogens is 1. The Morgan fingerprint density at radius 1 is 1.25 bits per heavy atom. The molecule has 1 heterocycles. The van der Waals surface area contributed by atoms with Crippen molar-refractivity contribution in [3.63, 3.8) is 0 Å². The molecule has 0 spiro atoms. The lowest BCUT2D eigenvalue weighted by Crippen LogP contribution is -2.35. The van der Waals surface area contributed by atoms with Gasteiger partial charge in [0.05, 0.1) is 6.10 Å². The minimum Gasteiger partial charge on any atom is -0.484 e. The lowest BCUT2D eigenvalue weighted by molar-refractivity contribution is -0.716. The molecule has 0 saturated heterocycles. The van der Waals surface area contributed by atoms with Crippen molar-refractivity contribution in [2.24, 2.45) is 0 Å². The fraction of sp³-hybridized carbons (Fsp3) is 0.643. The van der Waals surface area contributed by atoms with Crippen LogP contribution in [0.5, 0.6) is 5.75 Å². The number of hydrogen-bond acceptors (Lipinski definition) is 1. The first-order valence-corrected chi connectivity index (χ1v) is 6.43. The summed E-state index contributed by atoms with van der Waals surface area (Å²) in [6.07, 6.45) is 11.1. The van der Waals surface area contributed by atoms with E-state index in [-0.39, 0.29) is 0 Å². The van der Waals surface area contributed by atoms with Crippen molar-refractivity contribution in [2.75, 3.05) is 0 Å². The van der Waals surface area contributed by atoms with Gasteiger partial charge < -0.3 is 4.74 Å². The zero-order chi connectivity index (χ0) is 11.4. The first-order valence-electron chi connectivity index (χ1n) is 6.43. The quantitative estimate of drug-likeness (QED) is 0.713. The third-order valence-electron chi connectivity index (χ3n) is 3.25. The monoisotopic (exact) mass is 220 g/mol. The van der Waals surface area contributed by atoms with Gasteiger partial charge >= 0.3 is 0 Å². The fourth-order valence-corrected chi connectivity index (χ4v) is 2.24. The highest BCUT2D eigenvalue weighted by Gasteiger charge is 2.16. The van der Waals surface area contributed by atoms with Gasteiger partial charge in [0.2, 0.25) is 6.20 Å². The average Bonchev–Trinajstić information content (AvgIpc) is 2.30. The molecule has 0 unspecified atom stereocenters. The molecule has 0 aliphatic heterocycles. The molecule has 1 aliphatic rings. The van der Waals surface area contributed by atoms with Crippen LogP contribution in [-0.4, -0.2) is 6.10 Å². The lowest BCUT2D eigenvalue weighted by atomic mass is 9.98. The maximum atomic E-state index is 6.03. The second-order valence-electron chi connectivity index (χ2n) is 4.96. The highest BCUT2D eigenvalue weighted by Crippen LogP contribution is 2.22. The maximum Gasteiger partial charge on any atom is 0.211 e. The third-order valence-corrected chi connectivity index (χ3v) is 3.25. The summed E-state index contributed by atoms with van der Waals surface area (Å²) < 4.78 is 8.22. The Balaban J connectivity index is 2.00. The van der Waals surface area contributed by atoms with Crippen LogP contribution in [0.1, 0.15) is 52.0 Å². The Morgan fingerprint density at radius 3 is 2.69 bits per heavy atom. The highest BCUT2D eigenvalue weighted by atomic mass is 16.5. The first-order chi connectivity index (χ1) is 7.75. The Labute approximate surface area is 98.3 Å². The number of nitrogens with zero attached hydrogens (tertiary/aromatic N) is 1. The summed E-state index contributed by atoms with van der Waals surface area (Å²) in [4.78, 5) is 0. The van der Waals surface area contributed by atoms with Crippen molar-refractivity contribution in [3.8, 4) is 5.75 Å². The molecule has 0 radical (unpaired) electrons. The van der Waals surface area contributed by atoms with Crippen molar-refractivity contribution in [1.29, 1.82) is 0 Å². The Morgan fingerprint density at radius 2 is 2.00 bits per heavy atom. The zero-order valence-corrected chi connectivity index (χ0v) is 10.4. The van der Waals surface area contributed by atoms with Crippen molar-refractivity contribution in [3.05, 3.63) is 24.5 Å². The molecular weight excluding hydrogens is 198 g/mol. The molecule has 2 nitrogen and oxygen atoms in total. The van der Waals surface area contributed by atoms with Gasteiger partial charge in [-0.15, -0.1) is 0 Å². The van der Waals surface area contributed by atoms with Crippen molar-refractivity contribution in [1.82, 2.24) is 0 Å². The largest absolute Gasteiger partial charge is 0.484 e. The van der Waals surface area contributed by atoms with E-state index >= 15 is 0 Å². The van der Waals surface area contributed by atoms with E-state index in [9.17, 15) is 0 Å². The molecule has 0 aromatic carbocycles. The maximum absolute atomic E-state index is 6.03. The summed E-state index contributed by atoms with van der Waals surface area (Å²) in [5, 5.41) is 0. The van der Waals surface area contributed by atoms with Crippen LogP contribution < -0.4 is 9.30 Å². The lowest BCUT2D eigenvalue weighted by Gasteiger charge is -2.22. The molecule has 0 amide bonds. The Hall–Kier alpha value is -1.05. The zero-order valence-electron chi connectivity index (χ0n) is 10.4. The van der Waals surface area contributed by atoms with Crippen LogP contribution in [0.4, 0.5) is 0 Å². The van der Waals surface area contributed by atoms with Crippen molar-refractivity contribution < 1.29 is 9.30 Å². The van der Waals surface area contributed by atoms with Crippen LogP contribution >= 0.6 is 0 Å². The molecule has 1 aliphatic carbocycles. The molecule has 1 aromatic rings. The van der Waals surface area contributed by atoms with Gasteiger partial charge in [0.1, 0.15) is 0 Å². The van der Waals surface area contributed by atoms with Crippen LogP contribution in [0.25, 0.3) is 0 Å². The van der Waals surface area contributed by atoms with Crippen LogP contribution in [0, 0.1) is 0 Å². The van der Waals surface area contributed by atoms with Crippen molar-refractivity contribution in [2.45, 2.75) is 58.1 Å². The molecule has 88 valence electrons. The van der Waals surface area contributed by atoms with Gasteiger partial charge in [-0.1, -0.05) is 6.42 Å². The molecule has 2 heteroatoms. The summed E-state index contributed by atoms with van der Waals surface area (Å²) in [6, 6.07) is 4.63. The molecular formula is C14H22NO+. The van der Waals surface area contributed by atoms with Gasteiger partial charge in [-0.05, 0) is 45.6 Å². The van der Waals surface area contributed by atoms with E-state index in [0.717, 1.165) is 5.75 Å². The van der Waals surface area contributed by atoms with Crippen LogP contribution in [0.3, 0.4) is 0 Å². The minimum absolute atomic E-state index is 0.441. The molecule has 0 atom stereocenters. The summed E-state index contributed by atoms with van der Waals surface area (Å²) in [7, 11) is 0. The standard InChI is InChI=1S/C14H22NO/c1-12(2)15-10-6-9-14(11-15)16-13-7-4-3-5-8-13/h6,9-13H,3-5,7-8H2,1-2H3/q+1. The SMILES string of the molecule is CC(C)[n+]1cccc(OC2CCCCC2)c1. The van der Waals surface area contributed by atoms with Gasteiger partial charge in [-0.3, -0.25) is 0 Å². The smallest absolute Gasteiger partial charge is 0.211 e. The molecule has 1 saturated carbocycles. The van der Waals surface area contributed by atoms with E-state index in [1.165, 1.54) is 32.1 Å². The van der Waals surface area contributed by atoms with Crippen LogP contribution in [-0.2, 0) is 0 Å². The Bertz CT molecular complexity index is 329. The third kappa shape index (κ3) is 2.97. The highest BCUT2D eigenvalue weighted by molar-refractivity contribution is 5.13. The number of hydrogen-bond donors (Lipinski definition) is 0. The second kappa shape index (κ2) is 5.33. The number of pyridine rings is 1. The van der Waals surface area contributed by atoms with E-state index in [1.807, 2.05) is 0 Å². The summed E-state index contributed by atoms with van der Waals surface area (Å²) in [6.45, 7) is 4.37. The topological polar surface area (TPSA) is 13.1 Å². The molecule has 0 N–H and O–H groups in total.